The van der Waals surface area contributed by atoms with E-state index in [4.69, 9.17) is 4.74 Å². The number of anilines is 2. The van der Waals surface area contributed by atoms with Gasteiger partial charge in [-0.05, 0) is 31.7 Å². The van der Waals surface area contributed by atoms with E-state index in [1.54, 1.807) is 7.11 Å². The van der Waals surface area contributed by atoms with E-state index in [9.17, 15) is 4.79 Å². The molecule has 110 valence electrons. The second-order valence-electron chi connectivity index (χ2n) is 4.56. The molecule has 0 saturated heterocycles. The average Bonchev–Trinajstić information content (AvgIpc) is 2.44. The Morgan fingerprint density at radius 1 is 1.50 bits per heavy atom. The summed E-state index contributed by atoms with van der Waals surface area (Å²) in [6.45, 7) is 7.09. The lowest BCUT2D eigenvalue weighted by molar-refractivity contribution is -0.111. The van der Waals surface area contributed by atoms with Gasteiger partial charge in [0.1, 0.15) is 5.75 Å². The van der Waals surface area contributed by atoms with Crippen LogP contribution in [0.25, 0.3) is 0 Å². The highest BCUT2D eigenvalue weighted by atomic mass is 16.5. The van der Waals surface area contributed by atoms with E-state index in [1.807, 2.05) is 33.2 Å². The predicted octanol–water partition coefficient (Wildman–Crippen LogP) is 1.78. The summed E-state index contributed by atoms with van der Waals surface area (Å²) >= 11 is 0. The van der Waals surface area contributed by atoms with Crippen molar-refractivity contribution in [3.8, 4) is 5.75 Å². The molecule has 0 aliphatic heterocycles. The molecular formula is C15H23N3O2. The van der Waals surface area contributed by atoms with Crippen molar-refractivity contribution < 1.29 is 9.53 Å². The molecule has 0 fully saturated rings. The largest absolute Gasteiger partial charge is 0.496 e. The third kappa shape index (κ3) is 3.99. The molecule has 0 bridgehead atoms. The van der Waals surface area contributed by atoms with Crippen molar-refractivity contribution >= 4 is 17.3 Å². The van der Waals surface area contributed by atoms with Crippen molar-refractivity contribution in [2.75, 3.05) is 44.5 Å². The molecule has 20 heavy (non-hydrogen) atoms. The molecule has 5 nitrogen and oxygen atoms in total. The summed E-state index contributed by atoms with van der Waals surface area (Å²) in [7, 11) is 5.52. The van der Waals surface area contributed by atoms with Crippen molar-refractivity contribution in [3.63, 3.8) is 0 Å². The Bertz CT molecular complexity index is 486. The second-order valence-corrected chi connectivity index (χ2v) is 4.56. The normalized spacial score (nSPS) is 10.0. The molecule has 0 aromatic heterocycles. The molecule has 0 spiro atoms. The van der Waals surface area contributed by atoms with Crippen LogP contribution < -0.4 is 20.3 Å². The zero-order chi connectivity index (χ0) is 15.1. The summed E-state index contributed by atoms with van der Waals surface area (Å²) in [6, 6.07) is 3.84. The van der Waals surface area contributed by atoms with Crippen LogP contribution in [0.2, 0.25) is 0 Å². The molecule has 0 radical (unpaired) electrons. The van der Waals surface area contributed by atoms with Gasteiger partial charge in [0.15, 0.2) is 0 Å². The van der Waals surface area contributed by atoms with E-state index >= 15 is 0 Å². The number of hydrogen-bond acceptors (Lipinski definition) is 4. The molecular weight excluding hydrogens is 254 g/mol. The van der Waals surface area contributed by atoms with Gasteiger partial charge in [0, 0.05) is 26.2 Å². The molecule has 1 rings (SSSR count). The number of methoxy groups -OCH3 is 1. The Morgan fingerprint density at radius 3 is 2.75 bits per heavy atom. The molecule has 0 aliphatic carbocycles. The fourth-order valence-corrected chi connectivity index (χ4v) is 1.90. The zero-order valence-corrected chi connectivity index (χ0v) is 12.6. The van der Waals surface area contributed by atoms with E-state index in [2.05, 4.69) is 22.1 Å². The molecule has 0 unspecified atom stereocenters. The summed E-state index contributed by atoms with van der Waals surface area (Å²) in [6.07, 6.45) is 1.26. The minimum absolute atomic E-state index is 0.224. The first-order valence-electron chi connectivity index (χ1n) is 6.51. The molecule has 0 saturated carbocycles. The van der Waals surface area contributed by atoms with Gasteiger partial charge in [-0.15, -0.1) is 0 Å². The number of carbonyl (C=O) groups is 1. The quantitative estimate of drug-likeness (QED) is 0.746. The van der Waals surface area contributed by atoms with E-state index in [1.165, 1.54) is 6.08 Å². The van der Waals surface area contributed by atoms with Gasteiger partial charge >= 0.3 is 0 Å². The molecule has 0 atom stereocenters. The maximum absolute atomic E-state index is 11.5. The topological polar surface area (TPSA) is 53.6 Å². The number of carbonyl (C=O) groups excluding carboxylic acids is 1. The number of nitrogens with zero attached hydrogens (tertiary/aromatic N) is 1. The van der Waals surface area contributed by atoms with Gasteiger partial charge in [-0.25, -0.2) is 0 Å². The van der Waals surface area contributed by atoms with Gasteiger partial charge in [0.05, 0.1) is 18.5 Å². The molecule has 1 aromatic carbocycles. The van der Waals surface area contributed by atoms with Crippen molar-refractivity contribution in [1.82, 2.24) is 5.32 Å². The van der Waals surface area contributed by atoms with Crippen LogP contribution in [0.5, 0.6) is 5.75 Å². The fraction of sp³-hybridized carbons (Fsp3) is 0.400. The maximum Gasteiger partial charge on any atom is 0.247 e. The number of hydrogen-bond donors (Lipinski definition) is 2. The number of amides is 1. The summed E-state index contributed by atoms with van der Waals surface area (Å²) in [5.41, 5.74) is 2.64. The number of nitrogens with one attached hydrogen (secondary N) is 2. The van der Waals surface area contributed by atoms with Crippen molar-refractivity contribution in [1.29, 1.82) is 0 Å². The fourth-order valence-electron chi connectivity index (χ4n) is 1.90. The first kappa shape index (κ1) is 16.0. The third-order valence-electron chi connectivity index (χ3n) is 3.06. The number of rotatable bonds is 7. The van der Waals surface area contributed by atoms with Gasteiger partial charge in [-0.1, -0.05) is 6.58 Å². The van der Waals surface area contributed by atoms with Crippen molar-refractivity contribution in [3.05, 3.63) is 30.4 Å². The van der Waals surface area contributed by atoms with Crippen LogP contribution in [0.1, 0.15) is 5.56 Å². The Labute approximate surface area is 120 Å². The van der Waals surface area contributed by atoms with Gasteiger partial charge in [0.2, 0.25) is 5.91 Å². The molecule has 2 N–H and O–H groups in total. The number of ether oxygens (including phenoxy) is 1. The van der Waals surface area contributed by atoms with Crippen molar-refractivity contribution in [2.45, 2.75) is 6.92 Å². The van der Waals surface area contributed by atoms with E-state index in [-0.39, 0.29) is 5.91 Å². The highest BCUT2D eigenvalue weighted by molar-refractivity contribution is 6.01. The summed E-state index contributed by atoms with van der Waals surface area (Å²) in [5, 5.41) is 5.94. The van der Waals surface area contributed by atoms with Crippen LogP contribution in [0.4, 0.5) is 11.4 Å². The Kier molecular flexibility index (Phi) is 6.06. The van der Waals surface area contributed by atoms with Gasteiger partial charge in [0.25, 0.3) is 0 Å². The van der Waals surface area contributed by atoms with Crippen LogP contribution in [0.3, 0.4) is 0 Å². The lowest BCUT2D eigenvalue weighted by atomic mass is 10.1. The number of aryl methyl sites for hydroxylation is 1. The minimum atomic E-state index is -0.224. The first-order valence-corrected chi connectivity index (χ1v) is 6.51. The van der Waals surface area contributed by atoms with E-state index in [0.717, 1.165) is 35.8 Å². The summed E-state index contributed by atoms with van der Waals surface area (Å²) in [5.74, 6) is 0.575. The first-order chi connectivity index (χ1) is 9.53. The maximum atomic E-state index is 11.5. The highest BCUT2D eigenvalue weighted by Crippen LogP contribution is 2.32. The van der Waals surface area contributed by atoms with Crippen LogP contribution >= 0.6 is 0 Å². The SMILES string of the molecule is C=CC(=O)Nc1cc(C)c(OC)cc1N(C)CCNC. The lowest BCUT2D eigenvalue weighted by Gasteiger charge is -2.24. The molecule has 1 aromatic rings. The second kappa shape index (κ2) is 7.55. The van der Waals surface area contributed by atoms with Crippen LogP contribution in [0, 0.1) is 6.92 Å². The Balaban J connectivity index is 3.14. The van der Waals surface area contributed by atoms with E-state index in [0.29, 0.717) is 0 Å². The van der Waals surface area contributed by atoms with Crippen LogP contribution in [0.15, 0.2) is 24.8 Å². The van der Waals surface area contributed by atoms with Crippen LogP contribution in [-0.2, 0) is 4.79 Å². The van der Waals surface area contributed by atoms with Gasteiger partial charge in [-0.3, -0.25) is 4.79 Å². The standard InChI is InChI=1S/C15H23N3O2/c1-6-15(19)17-12-9-11(2)14(20-5)10-13(12)18(4)8-7-16-3/h6,9-10,16H,1,7-8H2,2-5H3,(H,17,19). The number of likely N-dealkylation sites (N-methyl/N-ethyl adjacent to an activating group) is 2. The Morgan fingerprint density at radius 2 is 2.20 bits per heavy atom. The van der Waals surface area contributed by atoms with E-state index < -0.39 is 0 Å². The third-order valence-corrected chi connectivity index (χ3v) is 3.06. The Hall–Kier alpha value is -2.01. The zero-order valence-electron chi connectivity index (χ0n) is 12.6. The van der Waals surface area contributed by atoms with Gasteiger partial charge < -0.3 is 20.3 Å². The monoisotopic (exact) mass is 277 g/mol. The summed E-state index contributed by atoms with van der Waals surface area (Å²) < 4.78 is 5.35. The molecule has 5 heteroatoms. The molecule has 0 heterocycles. The summed E-state index contributed by atoms with van der Waals surface area (Å²) in [4.78, 5) is 13.6. The minimum Gasteiger partial charge on any atom is -0.496 e. The smallest absolute Gasteiger partial charge is 0.247 e. The molecule has 0 aliphatic rings. The van der Waals surface area contributed by atoms with Crippen LogP contribution in [-0.4, -0.2) is 40.2 Å². The predicted molar refractivity (Wildman–Crippen MR) is 83.8 cm³/mol. The van der Waals surface area contributed by atoms with Gasteiger partial charge in [-0.2, -0.15) is 0 Å². The average molecular weight is 277 g/mol. The lowest BCUT2D eigenvalue weighted by Crippen LogP contribution is -2.28. The molecule has 1 amide bonds. The van der Waals surface area contributed by atoms with Crippen molar-refractivity contribution in [2.24, 2.45) is 0 Å². The number of benzene rings is 1. The highest BCUT2D eigenvalue weighted by Gasteiger charge is 2.13.